The van der Waals surface area contributed by atoms with Crippen molar-refractivity contribution in [3.63, 3.8) is 0 Å². The van der Waals surface area contributed by atoms with Gasteiger partial charge in [-0.05, 0) is 25.5 Å². The van der Waals surface area contributed by atoms with Crippen molar-refractivity contribution in [2.75, 3.05) is 19.1 Å². The van der Waals surface area contributed by atoms with Crippen molar-refractivity contribution in [2.24, 2.45) is 0 Å². The van der Waals surface area contributed by atoms with Crippen LogP contribution in [-0.4, -0.2) is 40.3 Å². The molecule has 1 heterocycles. The van der Waals surface area contributed by atoms with Crippen LogP contribution in [0.15, 0.2) is 0 Å². The Hall–Kier alpha value is 0.130. The molecule has 1 rings (SSSR count). The lowest BCUT2D eigenvalue weighted by molar-refractivity contribution is -0.139. The second-order valence-corrected chi connectivity index (χ2v) is 5.23. The van der Waals surface area contributed by atoms with Gasteiger partial charge >= 0.3 is 5.97 Å². The van der Waals surface area contributed by atoms with Crippen LogP contribution in [-0.2, 0) is 4.79 Å². The Balaban J connectivity index is 2.78. The van der Waals surface area contributed by atoms with Crippen LogP contribution in [0, 0.1) is 0 Å². The molecule has 12 heavy (non-hydrogen) atoms. The number of rotatable bonds is 3. The molecule has 0 aromatic rings. The van der Waals surface area contributed by atoms with E-state index < -0.39 is 12.0 Å². The topological polar surface area (TPSA) is 49.3 Å². The van der Waals surface area contributed by atoms with Gasteiger partial charge in [-0.1, -0.05) is 0 Å². The Bertz CT molecular complexity index is 182. The molecule has 1 fully saturated rings. The predicted molar refractivity (Wildman–Crippen MR) is 53.8 cm³/mol. The van der Waals surface area contributed by atoms with E-state index in [4.69, 9.17) is 5.11 Å². The second kappa shape index (κ2) is 3.89. The van der Waals surface area contributed by atoms with Gasteiger partial charge in [0, 0.05) is 0 Å². The number of hydrogen-bond donors (Lipinski definition) is 2. The summed E-state index contributed by atoms with van der Waals surface area (Å²) in [5.41, 5.74) is 0. The zero-order valence-corrected chi connectivity index (χ0v) is 8.80. The van der Waals surface area contributed by atoms with Gasteiger partial charge in [-0.2, -0.15) is 0 Å². The summed E-state index contributed by atoms with van der Waals surface area (Å²) in [6, 6.07) is -0.400. The van der Waals surface area contributed by atoms with Gasteiger partial charge in [-0.3, -0.25) is 4.79 Å². The lowest BCUT2D eigenvalue weighted by atomic mass is 10.2. The van der Waals surface area contributed by atoms with Crippen LogP contribution >= 0.6 is 23.5 Å². The maximum Gasteiger partial charge on any atom is 0.323 e. The molecule has 1 saturated heterocycles. The van der Waals surface area contributed by atoms with Crippen LogP contribution in [0.5, 0.6) is 0 Å². The Morgan fingerprint density at radius 1 is 1.58 bits per heavy atom. The lowest BCUT2D eigenvalue weighted by Crippen LogP contribution is -2.43. The van der Waals surface area contributed by atoms with E-state index in [1.54, 1.807) is 23.5 Å². The van der Waals surface area contributed by atoms with E-state index >= 15 is 0 Å². The molecule has 2 N–H and O–H groups in total. The van der Waals surface area contributed by atoms with E-state index in [0.29, 0.717) is 0 Å². The molecule has 0 bridgehead atoms. The van der Waals surface area contributed by atoms with Crippen LogP contribution < -0.4 is 5.32 Å². The maximum atomic E-state index is 10.8. The summed E-state index contributed by atoms with van der Waals surface area (Å²) in [5, 5.41) is 11.9. The van der Waals surface area contributed by atoms with Gasteiger partial charge in [0.1, 0.15) is 6.04 Å². The Labute approximate surface area is 80.7 Å². The fourth-order valence-electron chi connectivity index (χ4n) is 1.49. The second-order valence-electron chi connectivity index (χ2n) is 2.70. The molecule has 1 atom stereocenters. The van der Waals surface area contributed by atoms with Crippen LogP contribution in [0.25, 0.3) is 0 Å². The molecule has 3 nitrogen and oxygen atoms in total. The smallest absolute Gasteiger partial charge is 0.323 e. The molecule has 1 aliphatic heterocycles. The quantitative estimate of drug-likeness (QED) is 0.672. The van der Waals surface area contributed by atoms with E-state index in [0.717, 1.165) is 13.0 Å². The number of carboxylic acid groups (broad SMARTS) is 1. The van der Waals surface area contributed by atoms with Crippen molar-refractivity contribution in [3.05, 3.63) is 0 Å². The van der Waals surface area contributed by atoms with Crippen LogP contribution in [0.2, 0.25) is 0 Å². The molecule has 0 amide bonds. The first-order valence-electron chi connectivity index (χ1n) is 3.73. The average molecular weight is 207 g/mol. The highest BCUT2D eigenvalue weighted by molar-refractivity contribution is 8.17. The summed E-state index contributed by atoms with van der Waals surface area (Å²) >= 11 is 3.27. The maximum absolute atomic E-state index is 10.8. The highest BCUT2D eigenvalue weighted by Gasteiger charge is 2.46. The molecule has 0 aromatic heterocycles. The van der Waals surface area contributed by atoms with Gasteiger partial charge in [0.15, 0.2) is 0 Å². The van der Waals surface area contributed by atoms with E-state index in [1.165, 1.54) is 0 Å². The van der Waals surface area contributed by atoms with E-state index in [9.17, 15) is 4.79 Å². The molecule has 1 unspecified atom stereocenters. The fraction of sp³-hybridized carbons (Fsp3) is 0.857. The van der Waals surface area contributed by atoms with Gasteiger partial charge in [-0.15, -0.1) is 23.5 Å². The normalized spacial score (nSPS) is 27.3. The molecule has 0 aliphatic carbocycles. The van der Waals surface area contributed by atoms with Crippen molar-refractivity contribution in [3.8, 4) is 0 Å². The minimum absolute atomic E-state index is 0.161. The first-order valence-corrected chi connectivity index (χ1v) is 6.18. The summed E-state index contributed by atoms with van der Waals surface area (Å²) in [7, 11) is 0. The van der Waals surface area contributed by atoms with Gasteiger partial charge in [0.05, 0.1) is 4.08 Å². The minimum atomic E-state index is -0.740. The largest absolute Gasteiger partial charge is 0.480 e. The first kappa shape index (κ1) is 10.2. The van der Waals surface area contributed by atoms with E-state index in [-0.39, 0.29) is 4.08 Å². The SMILES string of the molecule is CSC1(SC)CCNC1C(=O)O. The third-order valence-corrected chi connectivity index (χ3v) is 5.46. The van der Waals surface area contributed by atoms with Crippen molar-refractivity contribution in [1.29, 1.82) is 0 Å². The molecule has 70 valence electrons. The number of nitrogens with one attached hydrogen (secondary N) is 1. The molecule has 0 aromatic carbocycles. The summed E-state index contributed by atoms with van der Waals surface area (Å²) in [6.45, 7) is 0.804. The van der Waals surface area contributed by atoms with Gasteiger partial charge in [0.2, 0.25) is 0 Å². The molecule has 0 spiro atoms. The van der Waals surface area contributed by atoms with Crippen molar-refractivity contribution >= 4 is 29.5 Å². The highest BCUT2D eigenvalue weighted by Crippen LogP contribution is 2.43. The summed E-state index contributed by atoms with van der Waals surface area (Å²) in [5.74, 6) is -0.740. The van der Waals surface area contributed by atoms with Crippen molar-refractivity contribution in [1.82, 2.24) is 5.32 Å². The Morgan fingerprint density at radius 2 is 2.17 bits per heavy atom. The van der Waals surface area contributed by atoms with Crippen LogP contribution in [0.1, 0.15) is 6.42 Å². The summed E-state index contributed by atoms with van der Waals surface area (Å²) in [4.78, 5) is 10.8. The fourth-order valence-corrected chi connectivity index (χ4v) is 3.61. The molecular weight excluding hydrogens is 194 g/mol. The Morgan fingerprint density at radius 3 is 2.50 bits per heavy atom. The summed E-state index contributed by atoms with van der Waals surface area (Å²) in [6.07, 6.45) is 4.87. The zero-order chi connectivity index (χ0) is 9.19. The third-order valence-electron chi connectivity index (χ3n) is 2.20. The first-order chi connectivity index (χ1) is 5.66. The van der Waals surface area contributed by atoms with Crippen molar-refractivity contribution < 1.29 is 9.90 Å². The third kappa shape index (κ3) is 1.58. The zero-order valence-electron chi connectivity index (χ0n) is 7.16. The monoisotopic (exact) mass is 207 g/mol. The van der Waals surface area contributed by atoms with E-state index in [2.05, 4.69) is 5.32 Å². The lowest BCUT2D eigenvalue weighted by Gasteiger charge is -2.28. The number of aliphatic carboxylic acids is 1. The van der Waals surface area contributed by atoms with Gasteiger partial charge in [-0.25, -0.2) is 0 Å². The molecule has 1 aliphatic rings. The Kier molecular flexibility index (Phi) is 3.31. The number of carboxylic acids is 1. The van der Waals surface area contributed by atoms with Crippen LogP contribution in [0.3, 0.4) is 0 Å². The molecule has 5 heteroatoms. The minimum Gasteiger partial charge on any atom is -0.480 e. The van der Waals surface area contributed by atoms with E-state index in [1.807, 2.05) is 12.5 Å². The van der Waals surface area contributed by atoms with Crippen LogP contribution in [0.4, 0.5) is 0 Å². The van der Waals surface area contributed by atoms with Gasteiger partial charge in [0.25, 0.3) is 0 Å². The standard InChI is InChI=1S/C7H13NO2S2/c1-11-7(12-2)3-4-8-5(7)6(9)10/h5,8H,3-4H2,1-2H3,(H,9,10). The van der Waals surface area contributed by atoms with Gasteiger partial charge < -0.3 is 10.4 Å². The van der Waals surface area contributed by atoms with Crippen molar-refractivity contribution in [2.45, 2.75) is 16.5 Å². The molecule has 0 radical (unpaired) electrons. The number of carbonyl (C=O) groups is 1. The number of hydrogen-bond acceptors (Lipinski definition) is 4. The number of thioether (sulfide) groups is 2. The average Bonchev–Trinajstić information content (AvgIpc) is 2.48. The molecular formula is C7H13NO2S2. The summed E-state index contributed by atoms with van der Waals surface area (Å²) < 4.78 is -0.161. The molecule has 0 saturated carbocycles. The highest BCUT2D eigenvalue weighted by atomic mass is 32.2. The predicted octanol–water partition coefficient (Wildman–Crippen LogP) is 0.855.